The second-order valence-electron chi connectivity index (χ2n) is 4.89. The molecule has 0 atom stereocenters. The van der Waals surface area contributed by atoms with Crippen molar-refractivity contribution >= 4 is 5.97 Å². The summed E-state index contributed by atoms with van der Waals surface area (Å²) < 4.78 is 21.2. The molecule has 0 amide bonds. The highest BCUT2D eigenvalue weighted by Gasteiger charge is 2.35. The molecular weight excluding hydrogens is 260 g/mol. The van der Waals surface area contributed by atoms with Crippen LogP contribution in [0.2, 0.25) is 0 Å². The summed E-state index contributed by atoms with van der Waals surface area (Å²) >= 11 is 0. The van der Waals surface area contributed by atoms with Gasteiger partial charge in [0.15, 0.2) is 6.79 Å². The van der Waals surface area contributed by atoms with E-state index in [9.17, 15) is 4.79 Å². The van der Waals surface area contributed by atoms with Crippen LogP contribution in [-0.4, -0.2) is 25.7 Å². The van der Waals surface area contributed by atoms with Gasteiger partial charge >= 0.3 is 5.97 Å². The monoisotopic (exact) mass is 278 g/mol. The van der Waals surface area contributed by atoms with E-state index >= 15 is 0 Å². The van der Waals surface area contributed by atoms with Gasteiger partial charge in [0, 0.05) is 27.0 Å². The van der Waals surface area contributed by atoms with Crippen LogP contribution >= 0.6 is 0 Å². The lowest BCUT2D eigenvalue weighted by atomic mass is 10.0. The Morgan fingerprint density at radius 1 is 1.35 bits per heavy atom. The minimum Gasteiger partial charge on any atom is -0.467 e. The van der Waals surface area contributed by atoms with Crippen LogP contribution in [0.25, 0.3) is 0 Å². The number of esters is 1. The normalized spacial score (nSPS) is 15.8. The number of rotatable bonds is 5. The van der Waals surface area contributed by atoms with Crippen LogP contribution in [0, 0.1) is 0 Å². The lowest BCUT2D eigenvalue weighted by molar-refractivity contribution is -0.127. The molecule has 20 heavy (non-hydrogen) atoms. The van der Waals surface area contributed by atoms with Gasteiger partial charge in [0.25, 0.3) is 0 Å². The Morgan fingerprint density at radius 3 is 2.75 bits per heavy atom. The molecule has 0 aromatic heterocycles. The van der Waals surface area contributed by atoms with Crippen molar-refractivity contribution in [1.29, 1.82) is 0 Å². The second kappa shape index (κ2) is 5.54. The predicted octanol–water partition coefficient (Wildman–Crippen LogP) is 2.68. The summed E-state index contributed by atoms with van der Waals surface area (Å²) in [6.07, 6.45) is 2.23. The number of carbonyl (C=O) groups is 1. The zero-order valence-electron chi connectivity index (χ0n) is 11.9. The van der Waals surface area contributed by atoms with E-state index in [2.05, 4.69) is 6.58 Å². The summed E-state index contributed by atoms with van der Waals surface area (Å²) in [6, 6.07) is 3.44. The minimum absolute atomic E-state index is 0.125. The first-order valence-corrected chi connectivity index (χ1v) is 6.29. The predicted molar refractivity (Wildman–Crippen MR) is 73.0 cm³/mol. The molecule has 1 aliphatic rings. The van der Waals surface area contributed by atoms with Crippen molar-refractivity contribution in [3.05, 3.63) is 35.9 Å². The van der Waals surface area contributed by atoms with Crippen molar-refractivity contribution in [2.75, 3.05) is 13.9 Å². The van der Waals surface area contributed by atoms with Gasteiger partial charge in [0.1, 0.15) is 17.1 Å². The van der Waals surface area contributed by atoms with E-state index in [1.165, 1.54) is 0 Å². The molecule has 0 radical (unpaired) electrons. The fourth-order valence-electron chi connectivity index (χ4n) is 2.04. The number of benzene rings is 1. The zero-order valence-corrected chi connectivity index (χ0v) is 11.9. The van der Waals surface area contributed by atoms with Crippen LogP contribution in [0.15, 0.2) is 24.8 Å². The maximum absolute atomic E-state index is 12.1. The number of hydrogen-bond donors (Lipinski definition) is 0. The number of allylic oxidation sites excluding steroid dienone is 1. The molecule has 1 heterocycles. The topological polar surface area (TPSA) is 54.0 Å². The third-order valence-corrected chi connectivity index (χ3v) is 2.76. The molecule has 2 rings (SSSR count). The number of cyclic esters (lactones) is 1. The highest BCUT2D eigenvalue weighted by Crippen LogP contribution is 2.37. The number of methoxy groups -OCH3 is 1. The van der Waals surface area contributed by atoms with Gasteiger partial charge in [-0.3, -0.25) is 0 Å². The zero-order chi connectivity index (χ0) is 14.8. The highest BCUT2D eigenvalue weighted by atomic mass is 16.7. The van der Waals surface area contributed by atoms with E-state index in [-0.39, 0.29) is 6.79 Å². The Kier molecular flexibility index (Phi) is 3.99. The molecule has 0 N–H and O–H groups in total. The first kappa shape index (κ1) is 14.4. The van der Waals surface area contributed by atoms with E-state index in [4.69, 9.17) is 18.9 Å². The third kappa shape index (κ3) is 2.93. The molecular formula is C15H18O5. The molecule has 0 spiro atoms. The minimum atomic E-state index is -0.991. The van der Waals surface area contributed by atoms with Crippen molar-refractivity contribution in [3.63, 3.8) is 0 Å². The lowest BCUT2D eigenvalue weighted by Gasteiger charge is -2.32. The summed E-state index contributed by atoms with van der Waals surface area (Å²) in [5.41, 5.74) is 1.18. The highest BCUT2D eigenvalue weighted by molar-refractivity contribution is 5.95. The maximum Gasteiger partial charge on any atom is 0.345 e. The van der Waals surface area contributed by atoms with Crippen LogP contribution in [0.3, 0.4) is 0 Å². The molecule has 0 fully saturated rings. The molecule has 0 aliphatic carbocycles. The Morgan fingerprint density at radius 2 is 2.10 bits per heavy atom. The van der Waals surface area contributed by atoms with Crippen LogP contribution in [0.4, 0.5) is 0 Å². The van der Waals surface area contributed by atoms with Crippen molar-refractivity contribution in [1.82, 2.24) is 0 Å². The molecule has 108 valence electrons. The standard InChI is InChI=1S/C15H18O5/c1-5-6-10-7-11(18-9-17-4)8-12-13(10)14(16)20-15(2,3)19-12/h5,7-8H,1,6,9H2,2-4H3. The van der Waals surface area contributed by atoms with Crippen LogP contribution < -0.4 is 9.47 Å². The first-order valence-electron chi connectivity index (χ1n) is 6.29. The van der Waals surface area contributed by atoms with E-state index in [1.807, 2.05) is 0 Å². The van der Waals surface area contributed by atoms with E-state index in [0.29, 0.717) is 23.5 Å². The quantitative estimate of drug-likeness (QED) is 0.471. The third-order valence-electron chi connectivity index (χ3n) is 2.76. The SMILES string of the molecule is C=CCc1cc(OCOC)cc2c1C(=O)OC(C)(C)O2. The lowest BCUT2D eigenvalue weighted by Crippen LogP contribution is -2.39. The van der Waals surface area contributed by atoms with Crippen molar-refractivity contribution < 1.29 is 23.7 Å². The summed E-state index contributed by atoms with van der Waals surface area (Å²) in [5, 5.41) is 0. The summed E-state index contributed by atoms with van der Waals surface area (Å²) in [6.45, 7) is 7.19. The van der Waals surface area contributed by atoms with Crippen LogP contribution in [0.1, 0.15) is 29.8 Å². The van der Waals surface area contributed by atoms with Gasteiger partial charge in [-0.25, -0.2) is 4.79 Å². The van der Waals surface area contributed by atoms with Crippen LogP contribution in [-0.2, 0) is 15.9 Å². The Hall–Kier alpha value is -2.01. The number of hydrogen-bond acceptors (Lipinski definition) is 5. The largest absolute Gasteiger partial charge is 0.467 e. The Bertz CT molecular complexity index is 533. The summed E-state index contributed by atoms with van der Waals surface area (Å²) in [7, 11) is 1.54. The van der Waals surface area contributed by atoms with Gasteiger partial charge in [-0.05, 0) is 18.1 Å². The van der Waals surface area contributed by atoms with Gasteiger partial charge in [-0.2, -0.15) is 0 Å². The fourth-order valence-corrected chi connectivity index (χ4v) is 2.04. The van der Waals surface area contributed by atoms with Gasteiger partial charge in [-0.1, -0.05) is 6.08 Å². The molecule has 0 bridgehead atoms. The average molecular weight is 278 g/mol. The van der Waals surface area contributed by atoms with Gasteiger partial charge in [0.2, 0.25) is 5.79 Å². The summed E-state index contributed by atoms with van der Waals surface area (Å²) in [4.78, 5) is 12.1. The fraction of sp³-hybridized carbons (Fsp3) is 0.400. The van der Waals surface area contributed by atoms with E-state index in [0.717, 1.165) is 5.56 Å². The molecule has 1 aromatic rings. The van der Waals surface area contributed by atoms with Gasteiger partial charge < -0.3 is 18.9 Å². The molecule has 5 heteroatoms. The van der Waals surface area contributed by atoms with Crippen molar-refractivity contribution in [3.8, 4) is 11.5 Å². The Labute approximate surface area is 118 Å². The van der Waals surface area contributed by atoms with E-state index < -0.39 is 11.8 Å². The molecule has 5 nitrogen and oxygen atoms in total. The summed E-state index contributed by atoms with van der Waals surface area (Å²) in [5.74, 6) is -0.355. The maximum atomic E-state index is 12.1. The molecule has 0 saturated heterocycles. The first-order chi connectivity index (χ1) is 9.46. The number of fused-ring (bicyclic) bond motifs is 1. The second-order valence-corrected chi connectivity index (χ2v) is 4.89. The number of ether oxygens (including phenoxy) is 4. The molecule has 1 aromatic carbocycles. The average Bonchev–Trinajstić information content (AvgIpc) is 2.34. The smallest absolute Gasteiger partial charge is 0.345 e. The van der Waals surface area contributed by atoms with Gasteiger partial charge in [-0.15, -0.1) is 6.58 Å². The van der Waals surface area contributed by atoms with Crippen LogP contribution in [0.5, 0.6) is 11.5 Å². The van der Waals surface area contributed by atoms with E-state index in [1.54, 1.807) is 39.2 Å². The van der Waals surface area contributed by atoms with Crippen molar-refractivity contribution in [2.45, 2.75) is 26.1 Å². The molecule has 1 aliphatic heterocycles. The number of carbonyl (C=O) groups excluding carboxylic acids is 1. The van der Waals surface area contributed by atoms with Gasteiger partial charge in [0.05, 0.1) is 0 Å². The molecule has 0 unspecified atom stereocenters. The molecule has 0 saturated carbocycles. The Balaban J connectivity index is 2.46. The van der Waals surface area contributed by atoms with Crippen molar-refractivity contribution in [2.24, 2.45) is 0 Å².